The highest BCUT2D eigenvalue weighted by Crippen LogP contribution is 2.24. The number of anilines is 1. The molecule has 3 rings (SSSR count). The Morgan fingerprint density at radius 2 is 2.07 bits per heavy atom. The molecule has 0 saturated heterocycles. The van der Waals surface area contributed by atoms with Gasteiger partial charge in [-0.2, -0.15) is 19.6 Å². The molecule has 0 aliphatic carbocycles. The number of hydrogen-bond acceptors (Lipinski definition) is 7. The van der Waals surface area contributed by atoms with E-state index in [4.69, 9.17) is 10.5 Å². The predicted molar refractivity (Wildman–Crippen MR) is 113 cm³/mol. The second-order valence-electron chi connectivity index (χ2n) is 7.47. The summed E-state index contributed by atoms with van der Waals surface area (Å²) in [5.74, 6) is 1.90. The van der Waals surface area contributed by atoms with Crippen LogP contribution in [0.25, 0.3) is 11.2 Å². The standard InChI is InChI=1S/C21H26FN7O/c1-13(2)12-25-8-9-29-17(26-18-19(24)27-21(22)28-20(18)29)11-15-10-16(30-3)5-4-14(15)6-7-23/h4-5,10,13,25H,6,8-9,11-12H2,1-3H3,(H2,24,27,28). The molecule has 0 radical (unpaired) electrons. The fraction of sp³-hybridized carbons (Fsp3) is 0.429. The van der Waals surface area contributed by atoms with Gasteiger partial charge in [0.15, 0.2) is 17.0 Å². The van der Waals surface area contributed by atoms with E-state index >= 15 is 0 Å². The first kappa shape index (κ1) is 21.5. The van der Waals surface area contributed by atoms with Gasteiger partial charge in [0.1, 0.15) is 11.6 Å². The van der Waals surface area contributed by atoms with Crippen LogP contribution in [0.4, 0.5) is 10.2 Å². The second kappa shape index (κ2) is 9.50. The molecule has 158 valence electrons. The highest BCUT2D eigenvalue weighted by Gasteiger charge is 2.18. The number of nitrogens with two attached hydrogens (primary N) is 1. The molecule has 0 bridgehead atoms. The Bertz CT molecular complexity index is 1070. The molecule has 2 heterocycles. The lowest BCUT2D eigenvalue weighted by Crippen LogP contribution is -2.25. The molecule has 0 fully saturated rings. The van der Waals surface area contributed by atoms with Crippen molar-refractivity contribution in [1.82, 2.24) is 24.8 Å². The zero-order valence-electron chi connectivity index (χ0n) is 17.4. The molecule has 9 heteroatoms. The van der Waals surface area contributed by atoms with E-state index in [1.807, 2.05) is 22.8 Å². The van der Waals surface area contributed by atoms with Gasteiger partial charge in [0.05, 0.1) is 19.6 Å². The Balaban J connectivity index is 2.01. The molecule has 2 aromatic heterocycles. The molecule has 1 aromatic carbocycles. The van der Waals surface area contributed by atoms with E-state index in [-0.39, 0.29) is 12.2 Å². The molecule has 3 aromatic rings. The summed E-state index contributed by atoms with van der Waals surface area (Å²) in [4.78, 5) is 12.2. The topological polar surface area (TPSA) is 115 Å². The number of halogens is 1. The van der Waals surface area contributed by atoms with Gasteiger partial charge < -0.3 is 20.4 Å². The third-order valence-electron chi connectivity index (χ3n) is 4.77. The van der Waals surface area contributed by atoms with Crippen molar-refractivity contribution in [1.29, 1.82) is 5.26 Å². The lowest BCUT2D eigenvalue weighted by atomic mass is 10.0. The first-order valence-corrected chi connectivity index (χ1v) is 9.84. The Kier molecular flexibility index (Phi) is 6.79. The van der Waals surface area contributed by atoms with E-state index in [9.17, 15) is 9.65 Å². The van der Waals surface area contributed by atoms with Crippen molar-refractivity contribution < 1.29 is 9.13 Å². The number of methoxy groups -OCH3 is 1. The van der Waals surface area contributed by atoms with Crippen molar-refractivity contribution in [2.45, 2.75) is 33.2 Å². The Hall–Kier alpha value is -3.25. The van der Waals surface area contributed by atoms with Crippen LogP contribution < -0.4 is 15.8 Å². The molecule has 0 saturated carbocycles. The first-order chi connectivity index (χ1) is 14.4. The predicted octanol–water partition coefficient (Wildman–Crippen LogP) is 2.46. The minimum absolute atomic E-state index is 0.00975. The lowest BCUT2D eigenvalue weighted by molar-refractivity contribution is 0.414. The fourth-order valence-corrected chi connectivity index (χ4v) is 3.31. The summed E-state index contributed by atoms with van der Waals surface area (Å²) in [6.45, 7) is 6.36. The smallest absolute Gasteiger partial charge is 0.312 e. The number of nitrogen functional groups attached to an aromatic ring is 1. The van der Waals surface area contributed by atoms with Crippen LogP contribution in [0, 0.1) is 23.3 Å². The molecule has 0 spiro atoms. The van der Waals surface area contributed by atoms with Crippen LogP contribution in [0.15, 0.2) is 18.2 Å². The average Bonchev–Trinajstić information content (AvgIpc) is 3.04. The SMILES string of the molecule is COc1ccc(CC#N)c(Cc2nc3c(N)nc(F)nc3n2CCNCC(C)C)c1. The summed E-state index contributed by atoms with van der Waals surface area (Å²) in [6, 6.07) is 7.78. The maximum Gasteiger partial charge on any atom is 0.312 e. The van der Waals surface area contributed by atoms with E-state index in [1.165, 1.54) is 0 Å². The molecule has 0 aliphatic heterocycles. The summed E-state index contributed by atoms with van der Waals surface area (Å²) >= 11 is 0. The number of nitrogens with one attached hydrogen (secondary N) is 1. The zero-order valence-corrected chi connectivity index (χ0v) is 17.4. The molecule has 3 N–H and O–H groups in total. The number of nitrogens with zero attached hydrogens (tertiary/aromatic N) is 5. The third-order valence-corrected chi connectivity index (χ3v) is 4.77. The summed E-state index contributed by atoms with van der Waals surface area (Å²) < 4.78 is 21.1. The number of nitriles is 1. The van der Waals surface area contributed by atoms with Crippen LogP contribution in [-0.2, 0) is 19.4 Å². The van der Waals surface area contributed by atoms with Crippen LogP contribution in [-0.4, -0.2) is 39.7 Å². The molecule has 0 aliphatic rings. The van der Waals surface area contributed by atoms with Crippen molar-refractivity contribution in [3.8, 4) is 11.8 Å². The second-order valence-corrected chi connectivity index (χ2v) is 7.47. The summed E-state index contributed by atoms with van der Waals surface area (Å²) in [5.41, 5.74) is 8.45. The molecular formula is C21H26FN7O. The highest BCUT2D eigenvalue weighted by molar-refractivity contribution is 5.82. The number of fused-ring (bicyclic) bond motifs is 1. The van der Waals surface area contributed by atoms with Crippen LogP contribution in [0.1, 0.15) is 30.8 Å². The van der Waals surface area contributed by atoms with Crippen molar-refractivity contribution in [3.63, 3.8) is 0 Å². The van der Waals surface area contributed by atoms with Gasteiger partial charge in [0.2, 0.25) is 0 Å². The molecule has 8 nitrogen and oxygen atoms in total. The zero-order chi connectivity index (χ0) is 21.7. The fourth-order valence-electron chi connectivity index (χ4n) is 3.31. The van der Waals surface area contributed by atoms with Gasteiger partial charge >= 0.3 is 6.08 Å². The van der Waals surface area contributed by atoms with E-state index in [2.05, 4.69) is 40.2 Å². The minimum atomic E-state index is -0.880. The number of hydrogen-bond donors (Lipinski definition) is 2. The van der Waals surface area contributed by atoms with E-state index in [0.717, 1.165) is 17.7 Å². The number of benzene rings is 1. The Morgan fingerprint density at radius 1 is 1.27 bits per heavy atom. The number of ether oxygens (including phenoxy) is 1. The monoisotopic (exact) mass is 411 g/mol. The van der Waals surface area contributed by atoms with Gasteiger partial charge in [0, 0.05) is 19.5 Å². The van der Waals surface area contributed by atoms with Gasteiger partial charge in [0.25, 0.3) is 0 Å². The Morgan fingerprint density at radius 3 is 2.77 bits per heavy atom. The van der Waals surface area contributed by atoms with Gasteiger partial charge in [-0.05, 0) is 35.7 Å². The Labute approximate surface area is 174 Å². The van der Waals surface area contributed by atoms with Crippen LogP contribution in [0.2, 0.25) is 0 Å². The van der Waals surface area contributed by atoms with Gasteiger partial charge in [-0.1, -0.05) is 19.9 Å². The van der Waals surface area contributed by atoms with Gasteiger partial charge in [-0.3, -0.25) is 0 Å². The largest absolute Gasteiger partial charge is 0.497 e. The van der Waals surface area contributed by atoms with Crippen LogP contribution >= 0.6 is 0 Å². The van der Waals surface area contributed by atoms with E-state index in [0.29, 0.717) is 48.2 Å². The lowest BCUT2D eigenvalue weighted by Gasteiger charge is -2.13. The van der Waals surface area contributed by atoms with Crippen LogP contribution in [0.5, 0.6) is 5.75 Å². The summed E-state index contributed by atoms with van der Waals surface area (Å²) in [7, 11) is 1.60. The molecular weight excluding hydrogens is 385 g/mol. The van der Waals surface area contributed by atoms with Crippen LogP contribution in [0.3, 0.4) is 0 Å². The molecule has 30 heavy (non-hydrogen) atoms. The normalized spacial score (nSPS) is 11.2. The number of rotatable bonds is 9. The minimum Gasteiger partial charge on any atom is -0.497 e. The van der Waals surface area contributed by atoms with E-state index in [1.54, 1.807) is 7.11 Å². The molecule has 0 unspecified atom stereocenters. The summed E-state index contributed by atoms with van der Waals surface area (Å²) in [5, 5.41) is 12.6. The van der Waals surface area contributed by atoms with E-state index < -0.39 is 6.08 Å². The quantitative estimate of drug-likeness (QED) is 0.410. The van der Waals surface area contributed by atoms with Crippen molar-refractivity contribution >= 4 is 17.0 Å². The first-order valence-electron chi connectivity index (χ1n) is 9.84. The summed E-state index contributed by atoms with van der Waals surface area (Å²) in [6.07, 6.45) is -0.184. The third kappa shape index (κ3) is 4.83. The van der Waals surface area contributed by atoms with Crippen molar-refractivity contribution in [2.75, 3.05) is 25.9 Å². The number of imidazole rings is 1. The average molecular weight is 411 g/mol. The van der Waals surface area contributed by atoms with Crippen molar-refractivity contribution in [2.24, 2.45) is 5.92 Å². The maximum atomic E-state index is 13.9. The van der Waals surface area contributed by atoms with Gasteiger partial charge in [-0.25, -0.2) is 4.98 Å². The molecule has 0 atom stereocenters. The van der Waals surface area contributed by atoms with Crippen molar-refractivity contribution in [3.05, 3.63) is 41.2 Å². The van der Waals surface area contributed by atoms with Gasteiger partial charge in [-0.15, -0.1) is 0 Å². The number of aromatic nitrogens is 4. The molecule has 0 amide bonds. The maximum absolute atomic E-state index is 13.9. The highest BCUT2D eigenvalue weighted by atomic mass is 19.1.